The Hall–Kier alpha value is -2.86. The van der Waals surface area contributed by atoms with E-state index in [9.17, 15) is 22.0 Å². The summed E-state index contributed by atoms with van der Waals surface area (Å²) in [6, 6.07) is 6.07. The maximum atomic E-state index is 14.1. The van der Waals surface area contributed by atoms with Crippen LogP contribution in [0.25, 0.3) is 10.7 Å². The Balaban J connectivity index is 1.74. The summed E-state index contributed by atoms with van der Waals surface area (Å²) in [7, 11) is -2.59. The van der Waals surface area contributed by atoms with Crippen LogP contribution in [-0.4, -0.2) is 49.2 Å². The number of nitrogens with zero attached hydrogens (tertiary/aromatic N) is 4. The van der Waals surface area contributed by atoms with Crippen LogP contribution in [0.2, 0.25) is 0 Å². The van der Waals surface area contributed by atoms with E-state index in [0.29, 0.717) is 16.2 Å². The van der Waals surface area contributed by atoms with E-state index in [2.05, 4.69) is 10.1 Å². The van der Waals surface area contributed by atoms with Gasteiger partial charge in [0.2, 0.25) is 27.6 Å². The van der Waals surface area contributed by atoms with Crippen molar-refractivity contribution in [2.45, 2.75) is 6.54 Å². The molecule has 0 unspecified atom stereocenters. The van der Waals surface area contributed by atoms with Gasteiger partial charge in [0.1, 0.15) is 18.2 Å². The van der Waals surface area contributed by atoms with Gasteiger partial charge in [-0.15, -0.1) is 11.3 Å². The largest absolute Gasteiger partial charge is 0.337 e. The minimum Gasteiger partial charge on any atom is -0.337 e. The predicted octanol–water partition coefficient (Wildman–Crippen LogP) is 2.50. The van der Waals surface area contributed by atoms with Crippen molar-refractivity contribution in [2.75, 3.05) is 24.2 Å². The van der Waals surface area contributed by atoms with Crippen molar-refractivity contribution in [3.63, 3.8) is 0 Å². The molecule has 0 aliphatic heterocycles. The molecule has 0 aliphatic rings. The lowest BCUT2D eigenvalue weighted by atomic mass is 10.3. The molecule has 2 heterocycles. The third-order valence-electron chi connectivity index (χ3n) is 3.87. The van der Waals surface area contributed by atoms with Crippen LogP contribution in [0.5, 0.6) is 0 Å². The summed E-state index contributed by atoms with van der Waals surface area (Å²) in [5, 5.41) is 5.69. The van der Waals surface area contributed by atoms with Gasteiger partial charge in [0.15, 0.2) is 0 Å². The lowest BCUT2D eigenvalue weighted by Gasteiger charge is -2.24. The van der Waals surface area contributed by atoms with Gasteiger partial charge < -0.3 is 9.42 Å². The number of benzene rings is 1. The second-order valence-electron chi connectivity index (χ2n) is 6.10. The fraction of sp³-hybridized carbons (Fsp3) is 0.235. The molecule has 0 bridgehead atoms. The lowest BCUT2D eigenvalue weighted by molar-refractivity contribution is -0.129. The zero-order valence-electron chi connectivity index (χ0n) is 15.4. The molecule has 3 aromatic rings. The number of carbonyl (C=O) groups excluding carboxylic acids is 1. The summed E-state index contributed by atoms with van der Waals surface area (Å²) in [5.74, 6) is -2.07. The van der Waals surface area contributed by atoms with E-state index in [1.54, 1.807) is 0 Å². The maximum Gasteiger partial charge on any atom is 0.246 e. The van der Waals surface area contributed by atoms with Crippen molar-refractivity contribution in [1.29, 1.82) is 0 Å². The van der Waals surface area contributed by atoms with Gasteiger partial charge in [-0.1, -0.05) is 11.2 Å². The van der Waals surface area contributed by atoms with Crippen LogP contribution in [0.4, 0.5) is 14.5 Å². The molecule has 29 heavy (non-hydrogen) atoms. The molecule has 1 amide bonds. The van der Waals surface area contributed by atoms with E-state index in [1.165, 1.54) is 23.3 Å². The predicted molar refractivity (Wildman–Crippen MR) is 103 cm³/mol. The topological polar surface area (TPSA) is 96.6 Å². The SMILES string of the molecule is CN(Cc1nc(-c2cccs2)no1)C(=O)CN(c1ccc(F)cc1F)S(C)(=O)=O. The molecule has 0 saturated carbocycles. The summed E-state index contributed by atoms with van der Waals surface area (Å²) in [6.45, 7) is -0.746. The number of likely N-dealkylation sites (N-methyl/N-ethyl adjacent to an activating group) is 1. The van der Waals surface area contributed by atoms with Crippen molar-refractivity contribution in [1.82, 2.24) is 15.0 Å². The number of halogens is 2. The highest BCUT2D eigenvalue weighted by atomic mass is 32.2. The third-order valence-corrected chi connectivity index (χ3v) is 5.86. The smallest absolute Gasteiger partial charge is 0.246 e. The van der Waals surface area contributed by atoms with Crippen LogP contribution in [0.3, 0.4) is 0 Å². The molecule has 12 heteroatoms. The highest BCUT2D eigenvalue weighted by molar-refractivity contribution is 7.92. The highest BCUT2D eigenvalue weighted by Crippen LogP contribution is 2.23. The molecule has 0 radical (unpaired) electrons. The number of carbonyl (C=O) groups is 1. The van der Waals surface area contributed by atoms with Crippen LogP contribution in [0.1, 0.15) is 5.89 Å². The van der Waals surface area contributed by atoms with Crippen molar-refractivity contribution in [3.8, 4) is 10.7 Å². The Morgan fingerprint density at radius 2 is 2.03 bits per heavy atom. The molecule has 154 valence electrons. The van der Waals surface area contributed by atoms with Crippen LogP contribution in [-0.2, 0) is 21.4 Å². The van der Waals surface area contributed by atoms with Crippen LogP contribution in [0, 0.1) is 11.6 Å². The standard InChI is InChI=1S/C17H16F2N4O4S2/c1-22(9-15-20-17(21-27-15)14-4-3-7-28-14)16(24)10-23(29(2,25)26)13-6-5-11(18)8-12(13)19/h3-8H,9-10H2,1-2H3. The van der Waals surface area contributed by atoms with E-state index >= 15 is 0 Å². The molecule has 0 atom stereocenters. The van der Waals surface area contributed by atoms with Gasteiger partial charge in [-0.3, -0.25) is 9.10 Å². The fourth-order valence-corrected chi connectivity index (χ4v) is 3.92. The Labute approximate surface area is 169 Å². The summed E-state index contributed by atoms with van der Waals surface area (Å²) in [6.07, 6.45) is 0.828. The first-order valence-electron chi connectivity index (χ1n) is 8.18. The van der Waals surface area contributed by atoms with E-state index in [0.717, 1.165) is 23.3 Å². The summed E-state index contributed by atoms with van der Waals surface area (Å²) in [5.41, 5.74) is -0.423. The van der Waals surface area contributed by atoms with E-state index in [-0.39, 0.29) is 12.4 Å². The first-order chi connectivity index (χ1) is 13.6. The minimum absolute atomic E-state index is 0.0687. The summed E-state index contributed by atoms with van der Waals surface area (Å²) >= 11 is 1.42. The maximum absolute atomic E-state index is 14.1. The number of hydrogen-bond acceptors (Lipinski definition) is 7. The van der Waals surface area contributed by atoms with Gasteiger partial charge in [-0.25, -0.2) is 17.2 Å². The molecular formula is C17H16F2N4O4S2. The lowest BCUT2D eigenvalue weighted by Crippen LogP contribution is -2.41. The minimum atomic E-state index is -4.01. The van der Waals surface area contributed by atoms with Crippen molar-refractivity contribution in [2.24, 2.45) is 0 Å². The molecule has 8 nitrogen and oxygen atoms in total. The molecule has 0 spiro atoms. The summed E-state index contributed by atoms with van der Waals surface area (Å²) < 4.78 is 57.0. The van der Waals surface area contributed by atoms with Crippen LogP contribution < -0.4 is 4.31 Å². The normalized spacial score (nSPS) is 11.4. The monoisotopic (exact) mass is 442 g/mol. The summed E-state index contributed by atoms with van der Waals surface area (Å²) in [4.78, 5) is 18.7. The van der Waals surface area contributed by atoms with Crippen molar-refractivity contribution >= 4 is 33.0 Å². The van der Waals surface area contributed by atoms with E-state index in [4.69, 9.17) is 4.52 Å². The first-order valence-corrected chi connectivity index (χ1v) is 10.9. The molecule has 3 rings (SSSR count). The average molecular weight is 442 g/mol. The first kappa shape index (κ1) is 20.9. The van der Waals surface area contributed by atoms with Gasteiger partial charge in [0.25, 0.3) is 0 Å². The number of anilines is 1. The molecule has 0 aliphatic carbocycles. The quantitative estimate of drug-likeness (QED) is 0.558. The number of aromatic nitrogens is 2. The van der Waals surface area contributed by atoms with Gasteiger partial charge >= 0.3 is 0 Å². The second-order valence-corrected chi connectivity index (χ2v) is 8.96. The van der Waals surface area contributed by atoms with Crippen LogP contribution >= 0.6 is 11.3 Å². The average Bonchev–Trinajstić information content (AvgIpc) is 3.30. The molecular weight excluding hydrogens is 426 g/mol. The van der Waals surface area contributed by atoms with Gasteiger partial charge in [0.05, 0.1) is 23.4 Å². The van der Waals surface area contributed by atoms with Crippen LogP contribution in [0.15, 0.2) is 40.2 Å². The van der Waals surface area contributed by atoms with Gasteiger partial charge in [-0.2, -0.15) is 4.98 Å². The zero-order valence-corrected chi connectivity index (χ0v) is 17.0. The third kappa shape index (κ3) is 4.95. The Kier molecular flexibility index (Phi) is 5.94. The Bertz CT molecular complexity index is 1120. The number of sulfonamides is 1. The van der Waals surface area contributed by atoms with Crippen molar-refractivity contribution < 1.29 is 26.5 Å². The second kappa shape index (κ2) is 8.25. The van der Waals surface area contributed by atoms with E-state index < -0.39 is 39.8 Å². The molecule has 0 N–H and O–H groups in total. The fourth-order valence-electron chi connectivity index (χ4n) is 2.42. The number of rotatable bonds is 7. The number of thiophene rings is 1. The zero-order chi connectivity index (χ0) is 21.2. The van der Waals surface area contributed by atoms with Gasteiger partial charge in [0, 0.05) is 13.1 Å². The molecule has 0 saturated heterocycles. The molecule has 0 fully saturated rings. The molecule has 1 aromatic carbocycles. The Morgan fingerprint density at radius 3 is 2.66 bits per heavy atom. The van der Waals surface area contributed by atoms with E-state index in [1.807, 2.05) is 17.5 Å². The van der Waals surface area contributed by atoms with Gasteiger partial charge in [-0.05, 0) is 23.6 Å². The highest BCUT2D eigenvalue weighted by Gasteiger charge is 2.26. The van der Waals surface area contributed by atoms with Crippen molar-refractivity contribution in [3.05, 3.63) is 53.2 Å². The number of hydrogen-bond donors (Lipinski definition) is 0. The number of amides is 1. The Morgan fingerprint density at radius 1 is 1.28 bits per heavy atom. The molecule has 2 aromatic heterocycles.